The van der Waals surface area contributed by atoms with Crippen LogP contribution in [-0.2, 0) is 17.6 Å². The number of nitrogens with zero attached hydrogens (tertiary/aromatic N) is 1. The Balaban J connectivity index is 1.31. The Hall–Kier alpha value is -3.49. The number of pyridine rings is 1. The molecule has 1 aromatic heterocycles. The number of hydrogen-bond donors (Lipinski definition) is 3. The number of hydrogen-bond acceptors (Lipinski definition) is 6. The lowest BCUT2D eigenvalue weighted by Crippen LogP contribution is -2.42. The normalized spacial score (nSPS) is 13.1. The van der Waals surface area contributed by atoms with E-state index >= 15 is 0 Å². The molecule has 0 spiro atoms. The average molecular weight is 516 g/mol. The zero-order chi connectivity index (χ0) is 24.8. The van der Waals surface area contributed by atoms with Crippen molar-refractivity contribution >= 4 is 40.9 Å². The van der Waals surface area contributed by atoms with E-state index in [2.05, 4.69) is 15.6 Å². The molecule has 2 aromatic carbocycles. The second kappa shape index (κ2) is 11.3. The van der Waals surface area contributed by atoms with Crippen molar-refractivity contribution in [1.82, 2.24) is 10.3 Å². The summed E-state index contributed by atoms with van der Waals surface area (Å²) in [6.07, 6.45) is 0.700. The standard InChI is InChI=1S/C25H23Cl2N3O5/c26-18-2-1-3-19(27)22(18)24(31)30-20(25(32)33)14-15-4-7-17(8-5-15)34-12-10-16-6-9-21-23(29-16)28-11-13-35-21/h1-9,20H,10-14H2,(H,28,29)(H,30,31)(H,32,33)/t20-/m0/s1. The first-order valence-corrected chi connectivity index (χ1v) is 11.7. The number of fused-ring (bicyclic) bond motifs is 1. The lowest BCUT2D eigenvalue weighted by Gasteiger charge is -2.18. The minimum Gasteiger partial charge on any atom is -0.493 e. The lowest BCUT2D eigenvalue weighted by molar-refractivity contribution is -0.139. The van der Waals surface area contributed by atoms with E-state index in [0.29, 0.717) is 25.4 Å². The number of ether oxygens (including phenoxy) is 2. The molecule has 1 aliphatic rings. The van der Waals surface area contributed by atoms with Gasteiger partial charge in [0.1, 0.15) is 18.4 Å². The SMILES string of the molecule is O=C(N[C@@H](Cc1ccc(OCCc2ccc3c(n2)NCCO3)cc1)C(=O)O)c1c(Cl)cccc1Cl. The number of carbonyl (C=O) groups is 2. The monoisotopic (exact) mass is 515 g/mol. The highest BCUT2D eigenvalue weighted by Gasteiger charge is 2.23. The maximum atomic E-state index is 12.6. The van der Waals surface area contributed by atoms with Gasteiger partial charge in [0.2, 0.25) is 0 Å². The van der Waals surface area contributed by atoms with Crippen LogP contribution in [0.15, 0.2) is 54.6 Å². The highest BCUT2D eigenvalue weighted by Crippen LogP contribution is 2.26. The van der Waals surface area contributed by atoms with E-state index in [9.17, 15) is 14.7 Å². The smallest absolute Gasteiger partial charge is 0.326 e. The molecule has 1 amide bonds. The molecule has 2 heterocycles. The molecule has 0 saturated carbocycles. The van der Waals surface area contributed by atoms with Crippen LogP contribution in [0.25, 0.3) is 0 Å². The molecule has 0 aliphatic carbocycles. The van der Waals surface area contributed by atoms with Crippen LogP contribution < -0.4 is 20.1 Å². The number of aromatic nitrogens is 1. The fourth-order valence-electron chi connectivity index (χ4n) is 3.58. The van der Waals surface area contributed by atoms with Gasteiger partial charge < -0.3 is 25.2 Å². The highest BCUT2D eigenvalue weighted by atomic mass is 35.5. The molecule has 8 nitrogen and oxygen atoms in total. The van der Waals surface area contributed by atoms with Gasteiger partial charge in [0.15, 0.2) is 11.6 Å². The van der Waals surface area contributed by atoms with E-state index in [0.717, 1.165) is 29.4 Å². The Morgan fingerprint density at radius 3 is 2.57 bits per heavy atom. The predicted molar refractivity (Wildman–Crippen MR) is 133 cm³/mol. The number of amides is 1. The van der Waals surface area contributed by atoms with Gasteiger partial charge in [0, 0.05) is 18.5 Å². The van der Waals surface area contributed by atoms with Crippen LogP contribution in [0.3, 0.4) is 0 Å². The number of carboxylic acids is 1. The molecule has 10 heteroatoms. The number of anilines is 1. The summed E-state index contributed by atoms with van der Waals surface area (Å²) in [5, 5.41) is 15.6. The maximum absolute atomic E-state index is 12.6. The van der Waals surface area contributed by atoms with Crippen molar-refractivity contribution in [1.29, 1.82) is 0 Å². The van der Waals surface area contributed by atoms with Crippen LogP contribution in [-0.4, -0.2) is 47.8 Å². The maximum Gasteiger partial charge on any atom is 0.326 e. The molecule has 0 bridgehead atoms. The van der Waals surface area contributed by atoms with Gasteiger partial charge in [-0.1, -0.05) is 41.4 Å². The fraction of sp³-hybridized carbons (Fsp3) is 0.240. The summed E-state index contributed by atoms with van der Waals surface area (Å²) in [5.41, 5.74) is 1.65. The van der Waals surface area contributed by atoms with Crippen molar-refractivity contribution < 1.29 is 24.2 Å². The van der Waals surface area contributed by atoms with Crippen LogP contribution in [0.2, 0.25) is 10.0 Å². The van der Waals surface area contributed by atoms with Gasteiger partial charge in [0.05, 0.1) is 28.8 Å². The molecule has 0 saturated heterocycles. The van der Waals surface area contributed by atoms with Crippen molar-refractivity contribution in [2.24, 2.45) is 0 Å². The lowest BCUT2D eigenvalue weighted by atomic mass is 10.1. The summed E-state index contributed by atoms with van der Waals surface area (Å²) in [6.45, 7) is 1.79. The van der Waals surface area contributed by atoms with Gasteiger partial charge in [-0.2, -0.15) is 0 Å². The van der Waals surface area contributed by atoms with Gasteiger partial charge in [0.25, 0.3) is 5.91 Å². The zero-order valence-corrected chi connectivity index (χ0v) is 20.1. The summed E-state index contributed by atoms with van der Waals surface area (Å²) in [6, 6.07) is 14.3. The highest BCUT2D eigenvalue weighted by molar-refractivity contribution is 6.39. The summed E-state index contributed by atoms with van der Waals surface area (Å²) in [7, 11) is 0. The van der Waals surface area contributed by atoms with E-state index in [-0.39, 0.29) is 22.0 Å². The molecular weight excluding hydrogens is 493 g/mol. The Bertz CT molecular complexity index is 1200. The first-order chi connectivity index (χ1) is 16.9. The van der Waals surface area contributed by atoms with Gasteiger partial charge in [-0.25, -0.2) is 9.78 Å². The molecule has 4 rings (SSSR count). The first kappa shape index (κ1) is 24.6. The van der Waals surface area contributed by atoms with E-state index in [1.165, 1.54) is 12.1 Å². The molecule has 0 fully saturated rings. The number of halogens is 2. The minimum absolute atomic E-state index is 0.0440. The minimum atomic E-state index is -1.17. The quantitative estimate of drug-likeness (QED) is 0.390. The van der Waals surface area contributed by atoms with E-state index in [1.54, 1.807) is 30.3 Å². The predicted octanol–water partition coefficient (Wildman–Crippen LogP) is 4.24. The first-order valence-electron chi connectivity index (χ1n) is 11.0. The summed E-state index contributed by atoms with van der Waals surface area (Å²) in [5.74, 6) is 0.328. The molecule has 0 unspecified atom stereocenters. The number of carbonyl (C=O) groups excluding carboxylic acids is 1. The number of rotatable bonds is 9. The molecular formula is C25H23Cl2N3O5. The molecule has 3 aromatic rings. The van der Waals surface area contributed by atoms with E-state index in [4.69, 9.17) is 32.7 Å². The number of carboxylic acid groups (broad SMARTS) is 1. The molecule has 1 aliphatic heterocycles. The van der Waals surface area contributed by atoms with Crippen molar-refractivity contribution in [2.75, 3.05) is 25.1 Å². The van der Waals surface area contributed by atoms with Gasteiger partial charge in [-0.05, 0) is 42.0 Å². The number of benzene rings is 2. The Kier molecular flexibility index (Phi) is 7.94. The van der Waals surface area contributed by atoms with Crippen LogP contribution in [0.4, 0.5) is 5.82 Å². The third-order valence-electron chi connectivity index (χ3n) is 5.35. The Morgan fingerprint density at radius 1 is 1.11 bits per heavy atom. The fourth-order valence-corrected chi connectivity index (χ4v) is 4.14. The summed E-state index contributed by atoms with van der Waals surface area (Å²) >= 11 is 12.1. The van der Waals surface area contributed by atoms with Gasteiger partial charge in [-0.15, -0.1) is 0 Å². The van der Waals surface area contributed by atoms with Gasteiger partial charge in [-0.3, -0.25) is 4.79 Å². The second-order valence-electron chi connectivity index (χ2n) is 7.83. The Labute approximate surface area is 212 Å². The topological polar surface area (TPSA) is 110 Å². The molecule has 1 atom stereocenters. The van der Waals surface area contributed by atoms with E-state index in [1.807, 2.05) is 12.1 Å². The van der Waals surface area contributed by atoms with Crippen molar-refractivity contribution in [3.63, 3.8) is 0 Å². The number of aliphatic carboxylic acids is 1. The zero-order valence-electron chi connectivity index (χ0n) is 18.6. The van der Waals surface area contributed by atoms with Crippen LogP contribution in [0.5, 0.6) is 11.5 Å². The Morgan fingerprint density at radius 2 is 1.86 bits per heavy atom. The second-order valence-corrected chi connectivity index (χ2v) is 8.65. The summed E-state index contributed by atoms with van der Waals surface area (Å²) in [4.78, 5) is 28.9. The summed E-state index contributed by atoms with van der Waals surface area (Å²) < 4.78 is 11.3. The van der Waals surface area contributed by atoms with Crippen LogP contribution in [0, 0.1) is 0 Å². The molecule has 182 valence electrons. The number of nitrogens with one attached hydrogen (secondary N) is 2. The third kappa shape index (κ3) is 6.35. The molecule has 3 N–H and O–H groups in total. The van der Waals surface area contributed by atoms with E-state index < -0.39 is 17.9 Å². The molecule has 0 radical (unpaired) electrons. The third-order valence-corrected chi connectivity index (χ3v) is 5.98. The van der Waals surface area contributed by atoms with Crippen LogP contribution in [0.1, 0.15) is 21.6 Å². The van der Waals surface area contributed by atoms with Crippen LogP contribution >= 0.6 is 23.2 Å². The molecule has 35 heavy (non-hydrogen) atoms. The van der Waals surface area contributed by atoms with Gasteiger partial charge >= 0.3 is 5.97 Å². The van der Waals surface area contributed by atoms with Crippen molar-refractivity contribution in [3.05, 3.63) is 81.5 Å². The average Bonchev–Trinajstić information content (AvgIpc) is 2.84. The largest absolute Gasteiger partial charge is 0.493 e. The van der Waals surface area contributed by atoms with Crippen molar-refractivity contribution in [2.45, 2.75) is 18.9 Å². The van der Waals surface area contributed by atoms with Crippen molar-refractivity contribution in [3.8, 4) is 11.5 Å².